The van der Waals surface area contributed by atoms with Gasteiger partial charge in [0.15, 0.2) is 5.16 Å². The number of thioether (sulfide) groups is 1. The highest BCUT2D eigenvalue weighted by atomic mass is 32.2. The van der Waals surface area contributed by atoms with Crippen LogP contribution in [0.2, 0.25) is 0 Å². The van der Waals surface area contributed by atoms with Crippen LogP contribution < -0.4 is 10.9 Å². The molecule has 0 unspecified atom stereocenters. The number of aromatic amines is 1. The lowest BCUT2D eigenvalue weighted by Crippen LogP contribution is -2.26. The Morgan fingerprint density at radius 3 is 2.82 bits per heavy atom. The van der Waals surface area contributed by atoms with E-state index in [1.165, 1.54) is 23.4 Å². The molecule has 1 heterocycles. The summed E-state index contributed by atoms with van der Waals surface area (Å²) in [7, 11) is 0. The smallest absolute Gasteiger partial charge is 0.251 e. The van der Waals surface area contributed by atoms with Crippen molar-refractivity contribution < 1.29 is 4.79 Å². The van der Waals surface area contributed by atoms with Crippen molar-refractivity contribution in [1.82, 2.24) is 15.3 Å². The standard InChI is InChI=1S/C16H19N3O2S/c1-12-10-14(20)19-16(18-12)22-11-15(21)17-9-5-8-13-6-3-2-4-7-13/h2-4,6-7,10H,5,8-9,11H2,1H3,(H,17,21)(H,18,19,20). The monoisotopic (exact) mass is 317 g/mol. The lowest BCUT2D eigenvalue weighted by atomic mass is 10.1. The summed E-state index contributed by atoms with van der Waals surface area (Å²) in [6.07, 6.45) is 1.85. The lowest BCUT2D eigenvalue weighted by molar-refractivity contribution is -0.118. The van der Waals surface area contributed by atoms with Crippen molar-refractivity contribution in [2.75, 3.05) is 12.3 Å². The Morgan fingerprint density at radius 1 is 1.32 bits per heavy atom. The molecule has 0 bridgehead atoms. The molecule has 2 rings (SSSR count). The summed E-state index contributed by atoms with van der Waals surface area (Å²) in [5, 5.41) is 3.35. The van der Waals surface area contributed by atoms with Gasteiger partial charge in [-0.3, -0.25) is 9.59 Å². The number of carbonyl (C=O) groups is 1. The summed E-state index contributed by atoms with van der Waals surface area (Å²) >= 11 is 1.23. The summed E-state index contributed by atoms with van der Waals surface area (Å²) in [5.41, 5.74) is 1.72. The van der Waals surface area contributed by atoms with Crippen LogP contribution in [0.25, 0.3) is 0 Å². The Labute approximate surface area is 133 Å². The topological polar surface area (TPSA) is 74.8 Å². The molecule has 2 aromatic rings. The maximum atomic E-state index is 11.7. The van der Waals surface area contributed by atoms with Crippen LogP contribution in [0.4, 0.5) is 0 Å². The number of benzene rings is 1. The van der Waals surface area contributed by atoms with Crippen molar-refractivity contribution in [3.63, 3.8) is 0 Å². The molecule has 1 aromatic heterocycles. The van der Waals surface area contributed by atoms with Gasteiger partial charge in [0.1, 0.15) is 0 Å². The van der Waals surface area contributed by atoms with Crippen molar-refractivity contribution >= 4 is 17.7 Å². The Bertz CT molecular complexity index is 671. The SMILES string of the molecule is Cc1cc(=O)[nH]c(SCC(=O)NCCCc2ccccc2)n1. The van der Waals surface area contributed by atoms with Crippen LogP contribution in [0, 0.1) is 6.92 Å². The highest BCUT2D eigenvalue weighted by Crippen LogP contribution is 2.10. The molecule has 116 valence electrons. The van der Waals surface area contributed by atoms with Gasteiger partial charge in [-0.15, -0.1) is 0 Å². The molecule has 0 aliphatic carbocycles. The first-order valence-corrected chi connectivity index (χ1v) is 8.13. The van der Waals surface area contributed by atoms with Crippen molar-refractivity contribution in [3.05, 3.63) is 58.0 Å². The van der Waals surface area contributed by atoms with Crippen LogP contribution in [-0.2, 0) is 11.2 Å². The summed E-state index contributed by atoms with van der Waals surface area (Å²) in [6.45, 7) is 2.40. The van der Waals surface area contributed by atoms with Gasteiger partial charge in [0.25, 0.3) is 5.56 Å². The second-order valence-electron chi connectivity index (χ2n) is 4.92. The maximum Gasteiger partial charge on any atom is 0.251 e. The fourth-order valence-electron chi connectivity index (χ4n) is 1.97. The molecule has 1 aromatic carbocycles. The number of nitrogens with one attached hydrogen (secondary N) is 2. The van der Waals surface area contributed by atoms with E-state index >= 15 is 0 Å². The molecule has 0 saturated carbocycles. The molecule has 0 radical (unpaired) electrons. The van der Waals surface area contributed by atoms with Gasteiger partial charge in [-0.2, -0.15) is 0 Å². The normalized spacial score (nSPS) is 10.4. The average Bonchev–Trinajstić information content (AvgIpc) is 2.50. The van der Waals surface area contributed by atoms with E-state index in [1.807, 2.05) is 18.2 Å². The molecular formula is C16H19N3O2S. The van der Waals surface area contributed by atoms with Gasteiger partial charge in [-0.1, -0.05) is 42.1 Å². The minimum atomic E-state index is -0.196. The number of nitrogens with zero attached hydrogens (tertiary/aromatic N) is 1. The number of rotatable bonds is 7. The fourth-order valence-corrected chi connectivity index (χ4v) is 2.72. The number of amides is 1. The quantitative estimate of drug-likeness (QED) is 0.465. The Morgan fingerprint density at radius 2 is 2.09 bits per heavy atom. The predicted molar refractivity (Wildman–Crippen MR) is 88.1 cm³/mol. The van der Waals surface area contributed by atoms with Gasteiger partial charge in [-0.25, -0.2) is 4.98 Å². The zero-order chi connectivity index (χ0) is 15.8. The largest absolute Gasteiger partial charge is 0.355 e. The van der Waals surface area contributed by atoms with E-state index in [0.29, 0.717) is 17.4 Å². The average molecular weight is 317 g/mol. The van der Waals surface area contributed by atoms with E-state index in [9.17, 15) is 9.59 Å². The van der Waals surface area contributed by atoms with E-state index in [-0.39, 0.29) is 17.2 Å². The van der Waals surface area contributed by atoms with Crippen molar-refractivity contribution in [1.29, 1.82) is 0 Å². The highest BCUT2D eigenvalue weighted by Gasteiger charge is 2.05. The molecule has 1 amide bonds. The molecule has 0 spiro atoms. The van der Waals surface area contributed by atoms with Crippen LogP contribution >= 0.6 is 11.8 Å². The molecule has 0 saturated heterocycles. The molecule has 2 N–H and O–H groups in total. The first kappa shape index (κ1) is 16.3. The Balaban J connectivity index is 1.66. The van der Waals surface area contributed by atoms with Gasteiger partial charge in [-0.05, 0) is 25.3 Å². The van der Waals surface area contributed by atoms with Gasteiger partial charge >= 0.3 is 0 Å². The number of H-pyrrole nitrogens is 1. The third-order valence-corrected chi connectivity index (χ3v) is 3.87. The van der Waals surface area contributed by atoms with Crippen molar-refractivity contribution in [2.24, 2.45) is 0 Å². The first-order valence-electron chi connectivity index (χ1n) is 7.15. The Kier molecular flexibility index (Phi) is 6.21. The van der Waals surface area contributed by atoms with E-state index in [0.717, 1.165) is 12.8 Å². The van der Waals surface area contributed by atoms with E-state index in [4.69, 9.17) is 0 Å². The molecule has 0 fully saturated rings. The van der Waals surface area contributed by atoms with Crippen LogP contribution in [-0.4, -0.2) is 28.2 Å². The zero-order valence-electron chi connectivity index (χ0n) is 12.5. The van der Waals surface area contributed by atoms with Crippen LogP contribution in [0.1, 0.15) is 17.7 Å². The Hall–Kier alpha value is -2.08. The molecule has 0 atom stereocenters. The van der Waals surface area contributed by atoms with Gasteiger partial charge < -0.3 is 10.3 Å². The number of aryl methyl sites for hydroxylation is 2. The number of hydrogen-bond donors (Lipinski definition) is 2. The second-order valence-corrected chi connectivity index (χ2v) is 5.88. The molecular weight excluding hydrogens is 298 g/mol. The summed E-state index contributed by atoms with van der Waals surface area (Å²) < 4.78 is 0. The third-order valence-electron chi connectivity index (χ3n) is 3.00. The maximum absolute atomic E-state index is 11.7. The molecule has 6 heteroatoms. The second kappa shape index (κ2) is 8.38. The fraction of sp³-hybridized carbons (Fsp3) is 0.312. The van der Waals surface area contributed by atoms with Crippen molar-refractivity contribution in [3.8, 4) is 0 Å². The lowest BCUT2D eigenvalue weighted by Gasteiger charge is -2.05. The number of aromatic nitrogens is 2. The molecule has 0 aliphatic heterocycles. The summed E-state index contributed by atoms with van der Waals surface area (Å²) in [4.78, 5) is 29.8. The van der Waals surface area contributed by atoms with Gasteiger partial charge in [0.05, 0.1) is 5.75 Å². The first-order chi connectivity index (χ1) is 10.6. The molecule has 22 heavy (non-hydrogen) atoms. The van der Waals surface area contributed by atoms with Gasteiger partial charge in [0, 0.05) is 18.3 Å². The van der Waals surface area contributed by atoms with Crippen molar-refractivity contribution in [2.45, 2.75) is 24.9 Å². The summed E-state index contributed by atoms with van der Waals surface area (Å²) in [6, 6.07) is 11.6. The molecule has 0 aliphatic rings. The van der Waals surface area contributed by atoms with Crippen LogP contribution in [0.15, 0.2) is 46.3 Å². The summed E-state index contributed by atoms with van der Waals surface area (Å²) in [5.74, 6) is 0.194. The van der Waals surface area contributed by atoms with E-state index < -0.39 is 0 Å². The third kappa shape index (κ3) is 5.73. The van der Waals surface area contributed by atoms with Crippen LogP contribution in [0.3, 0.4) is 0 Å². The van der Waals surface area contributed by atoms with E-state index in [1.54, 1.807) is 6.92 Å². The predicted octanol–water partition coefficient (Wildman–Crippen LogP) is 1.92. The number of carbonyl (C=O) groups excluding carboxylic acids is 1. The van der Waals surface area contributed by atoms with E-state index in [2.05, 4.69) is 27.4 Å². The zero-order valence-corrected chi connectivity index (χ0v) is 13.3. The highest BCUT2D eigenvalue weighted by molar-refractivity contribution is 7.99. The minimum absolute atomic E-state index is 0.0535. The molecule has 5 nitrogen and oxygen atoms in total. The van der Waals surface area contributed by atoms with Gasteiger partial charge in [0.2, 0.25) is 5.91 Å². The number of hydrogen-bond acceptors (Lipinski definition) is 4. The minimum Gasteiger partial charge on any atom is -0.355 e. The van der Waals surface area contributed by atoms with Crippen LogP contribution in [0.5, 0.6) is 0 Å².